The Kier molecular flexibility index (Phi) is 3.69. The maximum Gasteiger partial charge on any atom is 0.00388 e. The van der Waals surface area contributed by atoms with Crippen LogP contribution in [0.4, 0.5) is 0 Å². The molecule has 0 heterocycles. The first-order chi connectivity index (χ1) is 11.3. The van der Waals surface area contributed by atoms with Gasteiger partial charge in [-0.2, -0.15) is 0 Å². The van der Waals surface area contributed by atoms with Gasteiger partial charge in [-0.1, -0.05) is 74.5 Å². The molecule has 0 aromatic heterocycles. The van der Waals surface area contributed by atoms with Gasteiger partial charge < -0.3 is 0 Å². The summed E-state index contributed by atoms with van der Waals surface area (Å²) in [5.41, 5.74) is 9.06. The lowest BCUT2D eigenvalue weighted by molar-refractivity contribution is 0.685. The molecule has 0 radical (unpaired) electrons. The molecule has 4 rings (SSSR count). The highest BCUT2D eigenvalue weighted by Gasteiger charge is 2.28. The molecule has 116 valence electrons. The van der Waals surface area contributed by atoms with E-state index in [-0.39, 0.29) is 0 Å². The second-order valence-electron chi connectivity index (χ2n) is 6.71. The van der Waals surface area contributed by atoms with Crippen LogP contribution in [0.1, 0.15) is 67.2 Å². The third kappa shape index (κ3) is 2.37. The van der Waals surface area contributed by atoms with E-state index in [1.54, 1.807) is 0 Å². The van der Waals surface area contributed by atoms with Gasteiger partial charge in [-0.15, -0.1) is 0 Å². The molecule has 2 aromatic rings. The second kappa shape index (κ2) is 5.85. The van der Waals surface area contributed by atoms with Crippen molar-refractivity contribution >= 4 is 11.1 Å². The number of fused-ring (bicyclic) bond motifs is 2. The monoisotopic (exact) mass is 300 g/mol. The van der Waals surface area contributed by atoms with Gasteiger partial charge in [0.1, 0.15) is 0 Å². The fourth-order valence-corrected chi connectivity index (χ4v) is 4.35. The summed E-state index contributed by atoms with van der Waals surface area (Å²) in [6.45, 7) is 4.54. The zero-order valence-corrected chi connectivity index (χ0v) is 14.0. The molecule has 0 nitrogen and oxygen atoms in total. The lowest BCUT2D eigenvalue weighted by Gasteiger charge is -2.16. The second-order valence-corrected chi connectivity index (χ2v) is 6.71. The average Bonchev–Trinajstić information content (AvgIpc) is 3.14. The summed E-state index contributed by atoms with van der Waals surface area (Å²) < 4.78 is 0. The smallest absolute Gasteiger partial charge is 0.00388 e. The molecule has 0 bridgehead atoms. The molecule has 23 heavy (non-hydrogen) atoms. The molecule has 2 aliphatic rings. The first-order valence-corrected chi connectivity index (χ1v) is 8.91. The highest BCUT2D eigenvalue weighted by molar-refractivity contribution is 5.76. The molecule has 2 aliphatic carbocycles. The van der Waals surface area contributed by atoms with Crippen LogP contribution in [-0.2, 0) is 0 Å². The molecule has 0 unspecified atom stereocenters. The van der Waals surface area contributed by atoms with E-state index in [1.807, 2.05) is 0 Å². The van der Waals surface area contributed by atoms with E-state index in [2.05, 4.69) is 74.5 Å². The van der Waals surface area contributed by atoms with Gasteiger partial charge in [-0.3, -0.25) is 0 Å². The standard InChI is InChI=1S/C23H24/c1-3-16-13-18(22-11-7-5-9-20(16)22)15-19-14-17(4-2)21-10-6-8-12-23(19)21/h5-14,18-19H,3-4,15H2,1-2H3/t18-,19-/m0/s1. The Morgan fingerprint density at radius 2 is 1.09 bits per heavy atom. The molecular weight excluding hydrogens is 276 g/mol. The molecule has 2 aromatic carbocycles. The highest BCUT2D eigenvalue weighted by Crippen LogP contribution is 2.46. The third-order valence-electron chi connectivity index (χ3n) is 5.49. The Bertz CT molecular complexity index is 724. The normalized spacial score (nSPS) is 21.7. The van der Waals surface area contributed by atoms with Gasteiger partial charge in [0.05, 0.1) is 0 Å². The van der Waals surface area contributed by atoms with Gasteiger partial charge in [0, 0.05) is 11.8 Å². The minimum Gasteiger partial charge on any atom is -0.0731 e. The Morgan fingerprint density at radius 1 is 0.652 bits per heavy atom. The van der Waals surface area contributed by atoms with Crippen LogP contribution in [0.5, 0.6) is 0 Å². The fraction of sp³-hybridized carbons (Fsp3) is 0.304. The van der Waals surface area contributed by atoms with E-state index in [4.69, 9.17) is 0 Å². The summed E-state index contributed by atoms with van der Waals surface area (Å²) >= 11 is 0. The van der Waals surface area contributed by atoms with Crippen LogP contribution in [-0.4, -0.2) is 0 Å². The maximum atomic E-state index is 2.52. The number of allylic oxidation sites excluding steroid dienone is 4. The molecule has 0 saturated carbocycles. The first kappa shape index (κ1) is 14.5. The van der Waals surface area contributed by atoms with E-state index < -0.39 is 0 Å². The van der Waals surface area contributed by atoms with Gasteiger partial charge in [-0.25, -0.2) is 0 Å². The first-order valence-electron chi connectivity index (χ1n) is 8.91. The Labute approximate surface area is 139 Å². The van der Waals surface area contributed by atoms with Crippen molar-refractivity contribution in [1.29, 1.82) is 0 Å². The minimum absolute atomic E-state index is 0.562. The van der Waals surface area contributed by atoms with Gasteiger partial charge >= 0.3 is 0 Å². The van der Waals surface area contributed by atoms with Crippen LogP contribution in [0.3, 0.4) is 0 Å². The van der Waals surface area contributed by atoms with Crippen LogP contribution in [0.25, 0.3) is 11.1 Å². The summed E-state index contributed by atoms with van der Waals surface area (Å²) in [5, 5.41) is 0. The zero-order valence-electron chi connectivity index (χ0n) is 14.0. The third-order valence-corrected chi connectivity index (χ3v) is 5.49. The van der Waals surface area contributed by atoms with Crippen molar-refractivity contribution in [3.05, 3.63) is 82.9 Å². The number of rotatable bonds is 4. The molecule has 0 fully saturated rings. The molecule has 0 saturated heterocycles. The molecule has 0 N–H and O–H groups in total. The van der Waals surface area contributed by atoms with Crippen molar-refractivity contribution in [2.24, 2.45) is 0 Å². The van der Waals surface area contributed by atoms with Crippen LogP contribution in [0.2, 0.25) is 0 Å². The molecular formula is C23H24. The topological polar surface area (TPSA) is 0 Å². The van der Waals surface area contributed by atoms with E-state index >= 15 is 0 Å². The molecule has 2 atom stereocenters. The Hall–Kier alpha value is -2.08. The van der Waals surface area contributed by atoms with Crippen molar-refractivity contribution in [3.63, 3.8) is 0 Å². The summed E-state index contributed by atoms with van der Waals surface area (Å²) in [5.74, 6) is 1.12. The predicted octanol–water partition coefficient (Wildman–Crippen LogP) is 6.56. The highest BCUT2D eigenvalue weighted by atomic mass is 14.3. The number of benzene rings is 2. The SMILES string of the molecule is CCC1=C[C@@H](C[C@@H]2C=C(CC)c3ccccc32)c2ccccc21. The predicted molar refractivity (Wildman–Crippen MR) is 99.5 cm³/mol. The lowest BCUT2D eigenvalue weighted by Crippen LogP contribution is -2.00. The molecule has 0 spiro atoms. The summed E-state index contributed by atoms with van der Waals surface area (Å²) in [6, 6.07) is 18.0. The maximum absolute atomic E-state index is 2.52. The lowest BCUT2D eigenvalue weighted by atomic mass is 9.87. The van der Waals surface area contributed by atoms with Gasteiger partial charge in [0.25, 0.3) is 0 Å². The van der Waals surface area contributed by atoms with E-state index in [1.165, 1.54) is 39.8 Å². The van der Waals surface area contributed by atoms with Crippen LogP contribution < -0.4 is 0 Å². The molecule has 0 heteroatoms. The number of hydrogen-bond donors (Lipinski definition) is 0. The van der Waals surface area contributed by atoms with Crippen molar-refractivity contribution in [2.45, 2.75) is 44.9 Å². The van der Waals surface area contributed by atoms with Crippen LogP contribution in [0, 0.1) is 0 Å². The quantitative estimate of drug-likeness (QED) is 0.600. The Balaban J connectivity index is 1.68. The molecule has 0 amide bonds. The zero-order chi connectivity index (χ0) is 15.8. The number of hydrogen-bond acceptors (Lipinski definition) is 0. The van der Waals surface area contributed by atoms with Gasteiger partial charge in [-0.05, 0) is 52.7 Å². The van der Waals surface area contributed by atoms with Crippen molar-refractivity contribution < 1.29 is 0 Å². The van der Waals surface area contributed by atoms with E-state index in [0.29, 0.717) is 11.8 Å². The van der Waals surface area contributed by atoms with Gasteiger partial charge in [0.2, 0.25) is 0 Å². The summed E-state index contributed by atoms with van der Waals surface area (Å²) in [4.78, 5) is 0. The Morgan fingerprint density at radius 3 is 1.52 bits per heavy atom. The van der Waals surface area contributed by atoms with Crippen LogP contribution >= 0.6 is 0 Å². The minimum atomic E-state index is 0.562. The van der Waals surface area contributed by atoms with Crippen molar-refractivity contribution in [2.75, 3.05) is 0 Å². The van der Waals surface area contributed by atoms with Gasteiger partial charge in [0.15, 0.2) is 0 Å². The molecule has 0 aliphatic heterocycles. The van der Waals surface area contributed by atoms with E-state index in [9.17, 15) is 0 Å². The summed E-state index contributed by atoms with van der Waals surface area (Å²) in [7, 11) is 0. The largest absolute Gasteiger partial charge is 0.0731 e. The summed E-state index contributed by atoms with van der Waals surface area (Å²) in [6.07, 6.45) is 8.49. The average molecular weight is 300 g/mol. The fourth-order valence-electron chi connectivity index (χ4n) is 4.35. The van der Waals surface area contributed by atoms with Crippen LogP contribution in [0.15, 0.2) is 60.7 Å². The van der Waals surface area contributed by atoms with Crippen molar-refractivity contribution in [3.8, 4) is 0 Å². The van der Waals surface area contributed by atoms with E-state index in [0.717, 1.165) is 12.8 Å². The van der Waals surface area contributed by atoms with Crippen molar-refractivity contribution in [1.82, 2.24) is 0 Å².